The fraction of sp³-hybridized carbons (Fsp3) is 1.00. The predicted molar refractivity (Wildman–Crippen MR) is 112 cm³/mol. The Kier molecular flexibility index (Phi) is 10.6. The van der Waals surface area contributed by atoms with Crippen molar-refractivity contribution in [3.8, 4) is 0 Å². The van der Waals surface area contributed by atoms with Crippen molar-refractivity contribution in [2.45, 2.75) is 117 Å². The molecule has 2 fully saturated rings. The predicted octanol–water partition coefficient (Wildman–Crippen LogP) is 7.01. The van der Waals surface area contributed by atoms with Crippen molar-refractivity contribution in [2.75, 3.05) is 13.2 Å². The molecule has 2 aliphatic rings. The molecular formula is C24H46O2. The molecule has 0 heterocycles. The first-order chi connectivity index (χ1) is 12.7. The van der Waals surface area contributed by atoms with Gasteiger partial charge in [-0.25, -0.2) is 0 Å². The number of unbranched alkanes of at least 4 members (excludes halogenated alkanes) is 3. The molecule has 0 saturated heterocycles. The lowest BCUT2D eigenvalue weighted by atomic mass is 9.77. The van der Waals surface area contributed by atoms with Gasteiger partial charge in [-0.2, -0.15) is 0 Å². The molecule has 2 rings (SSSR count). The van der Waals surface area contributed by atoms with Crippen LogP contribution in [0.1, 0.15) is 105 Å². The average molecular weight is 367 g/mol. The summed E-state index contributed by atoms with van der Waals surface area (Å²) in [6.07, 6.45) is 17.0. The van der Waals surface area contributed by atoms with E-state index in [-0.39, 0.29) is 0 Å². The topological polar surface area (TPSA) is 18.5 Å². The lowest BCUT2D eigenvalue weighted by Crippen LogP contribution is -2.41. The summed E-state index contributed by atoms with van der Waals surface area (Å²) in [5.41, 5.74) is 0. The zero-order chi connectivity index (χ0) is 18.8. The van der Waals surface area contributed by atoms with E-state index in [2.05, 4.69) is 27.7 Å². The highest BCUT2D eigenvalue weighted by atomic mass is 16.5. The third kappa shape index (κ3) is 7.15. The number of ether oxygens (including phenoxy) is 2. The summed E-state index contributed by atoms with van der Waals surface area (Å²) in [4.78, 5) is 0. The van der Waals surface area contributed by atoms with Gasteiger partial charge in [0.2, 0.25) is 0 Å². The van der Waals surface area contributed by atoms with Crippen LogP contribution < -0.4 is 0 Å². The average Bonchev–Trinajstić information content (AvgIpc) is 2.67. The third-order valence-electron chi connectivity index (χ3n) is 7.30. The number of rotatable bonds is 11. The van der Waals surface area contributed by atoms with E-state index in [1.807, 2.05) is 0 Å². The summed E-state index contributed by atoms with van der Waals surface area (Å²) in [7, 11) is 0. The Morgan fingerprint density at radius 1 is 0.654 bits per heavy atom. The van der Waals surface area contributed by atoms with Gasteiger partial charge in [-0.05, 0) is 55.8 Å². The van der Waals surface area contributed by atoms with Gasteiger partial charge in [0.1, 0.15) is 0 Å². The van der Waals surface area contributed by atoms with E-state index in [4.69, 9.17) is 9.47 Å². The van der Waals surface area contributed by atoms with Gasteiger partial charge in [0.15, 0.2) is 0 Å². The van der Waals surface area contributed by atoms with E-state index in [9.17, 15) is 0 Å². The van der Waals surface area contributed by atoms with Crippen LogP contribution in [0.4, 0.5) is 0 Å². The molecular weight excluding hydrogens is 320 g/mol. The van der Waals surface area contributed by atoms with Gasteiger partial charge >= 0.3 is 0 Å². The molecule has 0 aromatic heterocycles. The Bertz CT molecular complexity index is 348. The van der Waals surface area contributed by atoms with Crippen LogP contribution in [0.15, 0.2) is 0 Å². The van der Waals surface area contributed by atoms with E-state index in [1.165, 1.54) is 77.0 Å². The molecule has 0 amide bonds. The largest absolute Gasteiger partial charge is 0.378 e. The molecule has 26 heavy (non-hydrogen) atoms. The molecule has 0 bridgehead atoms. The van der Waals surface area contributed by atoms with Crippen LogP contribution in [0.3, 0.4) is 0 Å². The molecule has 0 spiro atoms. The van der Waals surface area contributed by atoms with E-state index >= 15 is 0 Å². The van der Waals surface area contributed by atoms with Crippen molar-refractivity contribution >= 4 is 0 Å². The van der Waals surface area contributed by atoms with Gasteiger partial charge in [0.05, 0.1) is 12.2 Å². The summed E-state index contributed by atoms with van der Waals surface area (Å²) in [5, 5.41) is 0. The second kappa shape index (κ2) is 12.4. The van der Waals surface area contributed by atoms with Crippen LogP contribution in [0.2, 0.25) is 0 Å². The third-order valence-corrected chi connectivity index (χ3v) is 7.30. The van der Waals surface area contributed by atoms with Gasteiger partial charge in [0.25, 0.3) is 0 Å². The quantitative estimate of drug-likeness (QED) is 0.366. The van der Waals surface area contributed by atoms with Gasteiger partial charge < -0.3 is 9.47 Å². The van der Waals surface area contributed by atoms with Gasteiger partial charge in [-0.1, -0.05) is 72.6 Å². The number of hydrogen-bond donors (Lipinski definition) is 0. The lowest BCUT2D eigenvalue weighted by molar-refractivity contribution is -0.0993. The second-order valence-electron chi connectivity index (χ2n) is 9.31. The van der Waals surface area contributed by atoms with Crippen molar-refractivity contribution in [3.05, 3.63) is 0 Å². The first kappa shape index (κ1) is 22.2. The van der Waals surface area contributed by atoms with Crippen molar-refractivity contribution in [2.24, 2.45) is 23.7 Å². The molecule has 0 aromatic rings. The smallest absolute Gasteiger partial charge is 0.0605 e. The zero-order valence-corrected chi connectivity index (χ0v) is 18.2. The van der Waals surface area contributed by atoms with Crippen molar-refractivity contribution in [1.29, 1.82) is 0 Å². The van der Waals surface area contributed by atoms with Gasteiger partial charge in [-0.3, -0.25) is 0 Å². The molecule has 154 valence electrons. The summed E-state index contributed by atoms with van der Waals surface area (Å²) < 4.78 is 12.7. The van der Waals surface area contributed by atoms with Crippen LogP contribution in [0, 0.1) is 23.7 Å². The molecule has 0 radical (unpaired) electrons. The van der Waals surface area contributed by atoms with Gasteiger partial charge in [0, 0.05) is 13.2 Å². The molecule has 0 N–H and O–H groups in total. The minimum absolute atomic E-state index is 0.454. The van der Waals surface area contributed by atoms with Crippen molar-refractivity contribution in [1.82, 2.24) is 0 Å². The van der Waals surface area contributed by atoms with Crippen LogP contribution in [-0.2, 0) is 9.47 Å². The monoisotopic (exact) mass is 366 g/mol. The van der Waals surface area contributed by atoms with Crippen LogP contribution in [0.25, 0.3) is 0 Å². The minimum Gasteiger partial charge on any atom is -0.378 e. The summed E-state index contributed by atoms with van der Waals surface area (Å²) in [6, 6.07) is 0. The van der Waals surface area contributed by atoms with Crippen molar-refractivity contribution < 1.29 is 9.47 Å². The maximum Gasteiger partial charge on any atom is 0.0605 e. The normalized spacial score (nSPS) is 35.5. The molecule has 2 aliphatic carbocycles. The second-order valence-corrected chi connectivity index (χ2v) is 9.31. The standard InChI is InChI=1S/C24H46O2/c1-5-7-9-17-25-23-15-16-24(20(4)19(23)3)26-18-22-13-11-21(12-14-22)10-8-6-2/h19-24H,5-18H2,1-4H3. The zero-order valence-electron chi connectivity index (χ0n) is 18.2. The summed E-state index contributed by atoms with van der Waals surface area (Å²) in [6.45, 7) is 11.3. The highest BCUT2D eigenvalue weighted by molar-refractivity contribution is 4.85. The van der Waals surface area contributed by atoms with Gasteiger partial charge in [-0.15, -0.1) is 0 Å². The molecule has 0 aromatic carbocycles. The Hall–Kier alpha value is -0.0800. The van der Waals surface area contributed by atoms with E-state index in [1.54, 1.807) is 0 Å². The highest BCUT2D eigenvalue weighted by Crippen LogP contribution is 2.36. The maximum atomic E-state index is 6.46. The Labute approximate surface area is 163 Å². The fourth-order valence-electron chi connectivity index (χ4n) is 5.03. The Morgan fingerprint density at radius 2 is 1.23 bits per heavy atom. The lowest BCUT2D eigenvalue weighted by Gasteiger charge is -2.40. The summed E-state index contributed by atoms with van der Waals surface area (Å²) in [5.74, 6) is 3.07. The molecule has 4 unspecified atom stereocenters. The van der Waals surface area contributed by atoms with E-state index in [0.717, 1.165) is 25.0 Å². The Morgan fingerprint density at radius 3 is 1.85 bits per heavy atom. The summed E-state index contributed by atoms with van der Waals surface area (Å²) >= 11 is 0. The van der Waals surface area contributed by atoms with Crippen LogP contribution in [-0.4, -0.2) is 25.4 Å². The molecule has 2 heteroatoms. The van der Waals surface area contributed by atoms with Crippen LogP contribution in [0.5, 0.6) is 0 Å². The molecule has 2 nitrogen and oxygen atoms in total. The highest BCUT2D eigenvalue weighted by Gasteiger charge is 2.35. The fourth-order valence-corrected chi connectivity index (χ4v) is 5.03. The molecule has 2 saturated carbocycles. The van der Waals surface area contributed by atoms with Crippen LogP contribution >= 0.6 is 0 Å². The molecule has 4 atom stereocenters. The first-order valence-electron chi connectivity index (χ1n) is 11.9. The minimum atomic E-state index is 0.454. The van der Waals surface area contributed by atoms with Crippen molar-refractivity contribution in [3.63, 3.8) is 0 Å². The van der Waals surface area contributed by atoms with E-state index < -0.39 is 0 Å². The molecule has 0 aliphatic heterocycles. The maximum absolute atomic E-state index is 6.46. The first-order valence-corrected chi connectivity index (χ1v) is 11.9. The van der Waals surface area contributed by atoms with E-state index in [0.29, 0.717) is 24.0 Å². The number of hydrogen-bond acceptors (Lipinski definition) is 2. The SMILES string of the molecule is CCCCCOC1CCC(OCC2CCC(CCCC)CC2)C(C)C1C. The Balaban J connectivity index is 1.63.